The molecule has 0 saturated heterocycles. The summed E-state index contributed by atoms with van der Waals surface area (Å²) in [6.45, 7) is 6.03. The third-order valence-electron chi connectivity index (χ3n) is 6.31. The maximum atomic E-state index is 13.7. The van der Waals surface area contributed by atoms with Gasteiger partial charge in [-0.1, -0.05) is 32.0 Å². The van der Waals surface area contributed by atoms with E-state index in [0.717, 1.165) is 23.4 Å². The number of carbonyl (C=O) groups is 2. The second kappa shape index (κ2) is 8.50. The van der Waals surface area contributed by atoms with Crippen molar-refractivity contribution in [2.45, 2.75) is 39.5 Å². The Balaban J connectivity index is 1.80. The number of carbonyl (C=O) groups excluding carboxylic acids is 2. The average molecular weight is 448 g/mol. The lowest BCUT2D eigenvalue weighted by Crippen LogP contribution is -2.39. The summed E-state index contributed by atoms with van der Waals surface area (Å²) < 4.78 is 13.7. The van der Waals surface area contributed by atoms with E-state index in [2.05, 4.69) is 24.5 Å². The molecule has 4 rings (SSSR count). The van der Waals surface area contributed by atoms with Crippen molar-refractivity contribution in [1.29, 1.82) is 0 Å². The minimum atomic E-state index is -0.491. The molecule has 1 atom stereocenters. The number of halogens is 1. The average Bonchev–Trinajstić information content (AvgIpc) is 2.71. The van der Waals surface area contributed by atoms with Crippen molar-refractivity contribution in [2.75, 3.05) is 24.3 Å². The lowest BCUT2D eigenvalue weighted by molar-refractivity contribution is -0.118. The van der Waals surface area contributed by atoms with Crippen LogP contribution < -0.4 is 15.5 Å². The van der Waals surface area contributed by atoms with Gasteiger partial charge in [-0.25, -0.2) is 4.39 Å². The Morgan fingerprint density at radius 3 is 2.45 bits per heavy atom. The van der Waals surface area contributed by atoms with E-state index in [1.54, 1.807) is 12.1 Å². The highest BCUT2D eigenvalue weighted by molar-refractivity contribution is 6.10. The van der Waals surface area contributed by atoms with E-state index < -0.39 is 11.7 Å². The molecule has 172 valence electrons. The highest BCUT2D eigenvalue weighted by Crippen LogP contribution is 2.46. The van der Waals surface area contributed by atoms with Gasteiger partial charge in [-0.2, -0.15) is 0 Å². The van der Waals surface area contributed by atoms with E-state index >= 15 is 0 Å². The molecule has 0 fully saturated rings. The Bertz CT molecular complexity index is 1180. The first-order valence-electron chi connectivity index (χ1n) is 11.1. The van der Waals surface area contributed by atoms with E-state index in [1.807, 2.05) is 50.2 Å². The molecule has 1 heterocycles. The number of ketones is 1. The van der Waals surface area contributed by atoms with Gasteiger partial charge in [-0.05, 0) is 54.7 Å². The summed E-state index contributed by atoms with van der Waals surface area (Å²) in [5, 5.41) is 6.18. The topological polar surface area (TPSA) is 61.4 Å². The number of anilines is 2. The number of rotatable bonds is 4. The van der Waals surface area contributed by atoms with Crippen LogP contribution in [-0.2, 0) is 9.59 Å². The lowest BCUT2D eigenvalue weighted by Gasteiger charge is -2.39. The number of Topliss-reactive ketones (excluding diaryl/α,β-unsaturated/α-hetero) is 1. The fourth-order valence-electron chi connectivity index (χ4n) is 4.80. The molecule has 5 nitrogen and oxygen atoms in total. The Morgan fingerprint density at radius 2 is 1.82 bits per heavy atom. The number of hydrogen-bond acceptors (Lipinski definition) is 4. The molecule has 0 spiro atoms. The number of nitrogens with zero attached hydrogens (tertiary/aromatic N) is 1. The largest absolute Gasteiger partial charge is 0.378 e. The number of nitrogens with one attached hydrogen (secondary N) is 2. The van der Waals surface area contributed by atoms with Crippen molar-refractivity contribution < 1.29 is 14.0 Å². The Hall–Kier alpha value is -3.41. The standard InChI is InChI=1S/C27H30FN3O2/c1-16-23(26(33)30-19-8-6-7-18(28)13-19)24(17-9-11-20(12-10-17)31(4)5)25-21(29-16)14-27(2,3)15-22(25)32/h6-13,24,29H,14-15H2,1-5H3,(H,30,33)/t24-/m1/s1. The van der Waals surface area contributed by atoms with Gasteiger partial charge >= 0.3 is 0 Å². The second-order valence-electron chi connectivity index (χ2n) is 9.88. The molecular formula is C27H30FN3O2. The Morgan fingerprint density at radius 1 is 1.12 bits per heavy atom. The molecule has 2 aliphatic rings. The summed E-state index contributed by atoms with van der Waals surface area (Å²) in [5.41, 5.74) is 4.86. The predicted molar refractivity (Wildman–Crippen MR) is 129 cm³/mol. The Kier molecular flexibility index (Phi) is 5.87. The third-order valence-corrected chi connectivity index (χ3v) is 6.31. The van der Waals surface area contributed by atoms with Gasteiger partial charge in [0.1, 0.15) is 5.82 Å². The van der Waals surface area contributed by atoms with Gasteiger partial charge in [-0.3, -0.25) is 9.59 Å². The number of hydrogen-bond donors (Lipinski definition) is 2. The highest BCUT2D eigenvalue weighted by Gasteiger charge is 2.42. The van der Waals surface area contributed by atoms with Crippen LogP contribution in [0.3, 0.4) is 0 Å². The quantitative estimate of drug-likeness (QED) is 0.682. The van der Waals surface area contributed by atoms with Crippen LogP contribution in [0.15, 0.2) is 71.1 Å². The fraction of sp³-hybridized carbons (Fsp3) is 0.333. The zero-order chi connectivity index (χ0) is 23.9. The van der Waals surface area contributed by atoms with Crippen LogP contribution in [0, 0.1) is 11.2 Å². The van der Waals surface area contributed by atoms with E-state index in [4.69, 9.17) is 0 Å². The van der Waals surface area contributed by atoms with Crippen LogP contribution in [0.4, 0.5) is 15.8 Å². The van der Waals surface area contributed by atoms with Crippen LogP contribution >= 0.6 is 0 Å². The van der Waals surface area contributed by atoms with Crippen LogP contribution in [0.5, 0.6) is 0 Å². The normalized spacial score (nSPS) is 19.7. The summed E-state index contributed by atoms with van der Waals surface area (Å²) in [6, 6.07) is 13.7. The zero-order valence-corrected chi connectivity index (χ0v) is 19.8. The molecule has 0 bridgehead atoms. The van der Waals surface area contributed by atoms with Crippen LogP contribution in [0.1, 0.15) is 45.1 Å². The van der Waals surface area contributed by atoms with E-state index in [-0.39, 0.29) is 17.1 Å². The smallest absolute Gasteiger partial charge is 0.254 e. The maximum Gasteiger partial charge on any atom is 0.254 e. The van der Waals surface area contributed by atoms with Gasteiger partial charge in [-0.15, -0.1) is 0 Å². The van der Waals surface area contributed by atoms with Gasteiger partial charge in [0.25, 0.3) is 5.91 Å². The molecule has 2 N–H and O–H groups in total. The predicted octanol–water partition coefficient (Wildman–Crippen LogP) is 5.13. The molecule has 0 unspecified atom stereocenters. The third kappa shape index (κ3) is 4.56. The first-order valence-corrected chi connectivity index (χ1v) is 11.1. The minimum absolute atomic E-state index is 0.0546. The summed E-state index contributed by atoms with van der Waals surface area (Å²) >= 11 is 0. The molecule has 1 aliphatic carbocycles. The summed E-state index contributed by atoms with van der Waals surface area (Å²) in [6.07, 6.45) is 1.16. The zero-order valence-electron chi connectivity index (χ0n) is 19.8. The molecule has 2 aromatic carbocycles. The van der Waals surface area contributed by atoms with Gasteiger partial charge in [0.2, 0.25) is 0 Å². The molecule has 0 saturated carbocycles. The van der Waals surface area contributed by atoms with Gasteiger partial charge in [0.15, 0.2) is 5.78 Å². The molecule has 1 aliphatic heterocycles. The van der Waals surface area contributed by atoms with Gasteiger partial charge < -0.3 is 15.5 Å². The molecule has 2 aromatic rings. The van der Waals surface area contributed by atoms with Crippen molar-refractivity contribution >= 4 is 23.1 Å². The molecule has 6 heteroatoms. The van der Waals surface area contributed by atoms with E-state index in [0.29, 0.717) is 29.0 Å². The van der Waals surface area contributed by atoms with Crippen LogP contribution in [0.2, 0.25) is 0 Å². The van der Waals surface area contributed by atoms with Gasteiger partial charge in [0.05, 0.1) is 0 Å². The minimum Gasteiger partial charge on any atom is -0.378 e. The molecular weight excluding hydrogens is 417 g/mol. The Labute approximate surface area is 194 Å². The summed E-state index contributed by atoms with van der Waals surface area (Å²) in [7, 11) is 3.93. The van der Waals surface area contributed by atoms with Crippen molar-refractivity contribution in [3.8, 4) is 0 Å². The number of allylic oxidation sites excluding steroid dienone is 3. The van der Waals surface area contributed by atoms with Gasteiger partial charge in [0, 0.05) is 60.3 Å². The molecule has 0 aromatic heterocycles. The van der Waals surface area contributed by atoms with Crippen LogP contribution in [-0.4, -0.2) is 25.8 Å². The SMILES string of the molecule is CC1=C(C(=O)Nc2cccc(F)c2)[C@@H](c2ccc(N(C)C)cc2)C2=C(CC(C)(C)CC2=O)N1. The van der Waals surface area contributed by atoms with Crippen molar-refractivity contribution in [2.24, 2.45) is 5.41 Å². The number of dihydropyridines is 1. The molecule has 33 heavy (non-hydrogen) atoms. The van der Waals surface area contributed by atoms with Crippen molar-refractivity contribution in [3.05, 3.63) is 82.5 Å². The summed E-state index contributed by atoms with van der Waals surface area (Å²) in [4.78, 5) is 28.9. The van der Waals surface area contributed by atoms with E-state index in [1.165, 1.54) is 12.1 Å². The second-order valence-corrected chi connectivity index (χ2v) is 9.88. The highest BCUT2D eigenvalue weighted by atomic mass is 19.1. The molecule has 1 amide bonds. The lowest BCUT2D eigenvalue weighted by atomic mass is 9.68. The number of amides is 1. The summed E-state index contributed by atoms with van der Waals surface area (Å²) in [5.74, 6) is -1.21. The fourth-order valence-corrected chi connectivity index (χ4v) is 4.80. The van der Waals surface area contributed by atoms with Crippen LogP contribution in [0.25, 0.3) is 0 Å². The van der Waals surface area contributed by atoms with Crippen molar-refractivity contribution in [3.63, 3.8) is 0 Å². The monoisotopic (exact) mass is 447 g/mol. The first kappa shape index (κ1) is 22.8. The van der Waals surface area contributed by atoms with Crippen molar-refractivity contribution in [1.82, 2.24) is 5.32 Å². The first-order chi connectivity index (χ1) is 15.6. The number of benzene rings is 2. The van der Waals surface area contributed by atoms with E-state index in [9.17, 15) is 14.0 Å². The maximum absolute atomic E-state index is 13.7. The molecule has 0 radical (unpaired) electrons.